The number of hydrogen-bond donors (Lipinski definition) is 1. The van der Waals surface area contributed by atoms with E-state index in [9.17, 15) is 4.79 Å². The smallest absolute Gasteiger partial charge is 0.224 e. The van der Waals surface area contributed by atoms with Crippen LogP contribution in [0.25, 0.3) is 0 Å². The first-order valence-electron chi connectivity index (χ1n) is 6.63. The Morgan fingerprint density at radius 1 is 1.24 bits per heavy atom. The summed E-state index contributed by atoms with van der Waals surface area (Å²) < 4.78 is 0.884. The third-order valence-corrected chi connectivity index (χ3v) is 3.78. The quantitative estimate of drug-likeness (QED) is 0.905. The third kappa shape index (κ3) is 4.44. The minimum Gasteiger partial charge on any atom is -0.325 e. The lowest BCUT2D eigenvalue weighted by Gasteiger charge is -2.08. The molecule has 0 aliphatic heterocycles. The number of rotatable bonds is 4. The molecule has 1 N–H and O–H groups in total. The fourth-order valence-corrected chi connectivity index (χ4v) is 2.53. The van der Waals surface area contributed by atoms with Gasteiger partial charge in [-0.2, -0.15) is 5.26 Å². The highest BCUT2D eigenvalue weighted by Crippen LogP contribution is 2.23. The van der Waals surface area contributed by atoms with Crippen LogP contribution in [0.4, 0.5) is 5.69 Å². The second-order valence-corrected chi connectivity index (χ2v) is 5.69. The van der Waals surface area contributed by atoms with Gasteiger partial charge in [-0.1, -0.05) is 18.2 Å². The first kappa shape index (κ1) is 15.3. The molecule has 1 amide bonds. The van der Waals surface area contributed by atoms with Crippen LogP contribution >= 0.6 is 15.9 Å². The number of carbonyl (C=O) groups excluding carboxylic acids is 1. The topological polar surface area (TPSA) is 52.9 Å². The van der Waals surface area contributed by atoms with Crippen LogP contribution in [-0.4, -0.2) is 5.91 Å². The zero-order valence-corrected chi connectivity index (χ0v) is 13.3. The van der Waals surface area contributed by atoms with Crippen LogP contribution in [0, 0.1) is 18.3 Å². The van der Waals surface area contributed by atoms with Gasteiger partial charge in [0.05, 0.1) is 17.3 Å². The number of aryl methyl sites for hydroxylation is 2. The molecule has 4 heteroatoms. The lowest BCUT2D eigenvalue weighted by Crippen LogP contribution is -2.12. The molecule has 21 heavy (non-hydrogen) atoms. The summed E-state index contributed by atoms with van der Waals surface area (Å²) in [5.41, 5.74) is 3.60. The van der Waals surface area contributed by atoms with Crippen molar-refractivity contribution in [2.75, 3.05) is 5.32 Å². The Labute approximate surface area is 132 Å². The second kappa shape index (κ2) is 7.05. The number of nitrogens with one attached hydrogen (secondary N) is 1. The zero-order chi connectivity index (χ0) is 15.2. The number of amides is 1. The third-order valence-electron chi connectivity index (χ3n) is 3.12. The maximum Gasteiger partial charge on any atom is 0.224 e. The van der Waals surface area contributed by atoms with Crippen molar-refractivity contribution in [1.29, 1.82) is 5.26 Å². The van der Waals surface area contributed by atoms with Crippen molar-refractivity contribution in [2.45, 2.75) is 19.8 Å². The summed E-state index contributed by atoms with van der Waals surface area (Å²) in [6, 6.07) is 15.2. The summed E-state index contributed by atoms with van der Waals surface area (Å²) in [5, 5.41) is 11.6. The van der Waals surface area contributed by atoms with E-state index in [0.29, 0.717) is 18.4 Å². The summed E-state index contributed by atoms with van der Waals surface area (Å²) in [6.07, 6.45) is 1.06. The molecule has 0 atom stereocenters. The van der Waals surface area contributed by atoms with Gasteiger partial charge in [-0.05, 0) is 64.7 Å². The molecule has 2 aromatic carbocycles. The van der Waals surface area contributed by atoms with E-state index in [-0.39, 0.29) is 5.91 Å². The van der Waals surface area contributed by atoms with E-state index < -0.39 is 0 Å². The average molecular weight is 343 g/mol. The summed E-state index contributed by atoms with van der Waals surface area (Å²) in [7, 11) is 0. The Hall–Kier alpha value is -2.12. The van der Waals surface area contributed by atoms with Crippen LogP contribution in [0.5, 0.6) is 0 Å². The Balaban J connectivity index is 1.91. The molecular weight excluding hydrogens is 328 g/mol. The molecule has 0 saturated carbocycles. The van der Waals surface area contributed by atoms with Crippen molar-refractivity contribution < 1.29 is 4.79 Å². The first-order chi connectivity index (χ1) is 10.1. The Kier molecular flexibility index (Phi) is 5.13. The maximum atomic E-state index is 12.0. The van der Waals surface area contributed by atoms with E-state index in [0.717, 1.165) is 21.3 Å². The SMILES string of the molecule is Cc1ccc(NC(=O)CCc2ccc(C#N)cc2)c(Br)c1. The molecule has 0 unspecified atom stereocenters. The molecule has 0 fully saturated rings. The summed E-state index contributed by atoms with van der Waals surface area (Å²) in [5.74, 6) is -0.0242. The normalized spacial score (nSPS) is 9.95. The van der Waals surface area contributed by atoms with E-state index in [4.69, 9.17) is 5.26 Å². The monoisotopic (exact) mass is 342 g/mol. The standard InChI is InChI=1S/C17H15BrN2O/c1-12-2-8-16(15(18)10-12)20-17(21)9-7-13-3-5-14(11-19)6-4-13/h2-6,8,10H,7,9H2,1H3,(H,20,21). The summed E-state index contributed by atoms with van der Waals surface area (Å²) in [6.45, 7) is 2.00. The van der Waals surface area contributed by atoms with Crippen molar-refractivity contribution in [2.24, 2.45) is 0 Å². The largest absolute Gasteiger partial charge is 0.325 e. The van der Waals surface area contributed by atoms with Gasteiger partial charge in [-0.25, -0.2) is 0 Å². The van der Waals surface area contributed by atoms with E-state index in [2.05, 4.69) is 27.3 Å². The Morgan fingerprint density at radius 3 is 2.57 bits per heavy atom. The molecule has 106 valence electrons. The number of nitrogens with zero attached hydrogens (tertiary/aromatic N) is 1. The molecule has 0 aromatic heterocycles. The number of nitriles is 1. The van der Waals surface area contributed by atoms with Gasteiger partial charge in [-0.3, -0.25) is 4.79 Å². The predicted molar refractivity (Wildman–Crippen MR) is 87.0 cm³/mol. The molecular formula is C17H15BrN2O. The van der Waals surface area contributed by atoms with E-state index in [1.807, 2.05) is 37.3 Å². The maximum absolute atomic E-state index is 12.0. The van der Waals surface area contributed by atoms with Crippen molar-refractivity contribution in [1.82, 2.24) is 0 Å². The van der Waals surface area contributed by atoms with Crippen LogP contribution in [0.3, 0.4) is 0 Å². The van der Waals surface area contributed by atoms with Gasteiger partial charge in [0.15, 0.2) is 0 Å². The number of anilines is 1. The minimum atomic E-state index is -0.0242. The number of benzene rings is 2. The van der Waals surface area contributed by atoms with Gasteiger partial charge in [-0.15, -0.1) is 0 Å². The lowest BCUT2D eigenvalue weighted by atomic mass is 10.1. The van der Waals surface area contributed by atoms with Gasteiger partial charge < -0.3 is 5.32 Å². The van der Waals surface area contributed by atoms with Gasteiger partial charge in [0.1, 0.15) is 0 Å². The molecule has 2 aromatic rings. The average Bonchev–Trinajstić information content (AvgIpc) is 2.48. The molecule has 0 aliphatic carbocycles. The highest BCUT2D eigenvalue weighted by Gasteiger charge is 2.06. The predicted octanol–water partition coefficient (Wildman–Crippen LogP) is 4.20. The van der Waals surface area contributed by atoms with Crippen LogP contribution < -0.4 is 5.32 Å². The van der Waals surface area contributed by atoms with Gasteiger partial charge in [0, 0.05) is 10.9 Å². The van der Waals surface area contributed by atoms with Gasteiger partial charge >= 0.3 is 0 Å². The zero-order valence-electron chi connectivity index (χ0n) is 11.7. The highest BCUT2D eigenvalue weighted by molar-refractivity contribution is 9.10. The van der Waals surface area contributed by atoms with Crippen molar-refractivity contribution >= 4 is 27.5 Å². The van der Waals surface area contributed by atoms with E-state index in [1.165, 1.54) is 0 Å². The molecule has 0 spiro atoms. The highest BCUT2D eigenvalue weighted by atomic mass is 79.9. The molecule has 0 aliphatic rings. The number of hydrogen-bond acceptors (Lipinski definition) is 2. The van der Waals surface area contributed by atoms with E-state index >= 15 is 0 Å². The molecule has 0 saturated heterocycles. The first-order valence-corrected chi connectivity index (χ1v) is 7.43. The lowest BCUT2D eigenvalue weighted by molar-refractivity contribution is -0.116. The molecule has 0 radical (unpaired) electrons. The fourth-order valence-electron chi connectivity index (χ4n) is 1.94. The number of carbonyl (C=O) groups is 1. The summed E-state index contributed by atoms with van der Waals surface area (Å²) in [4.78, 5) is 12.0. The van der Waals surface area contributed by atoms with Crippen molar-refractivity contribution in [3.63, 3.8) is 0 Å². The van der Waals surface area contributed by atoms with Gasteiger partial charge in [0.25, 0.3) is 0 Å². The number of halogens is 1. The molecule has 0 heterocycles. The van der Waals surface area contributed by atoms with Crippen molar-refractivity contribution in [3.05, 3.63) is 63.6 Å². The molecule has 3 nitrogen and oxygen atoms in total. The minimum absolute atomic E-state index is 0.0242. The van der Waals surface area contributed by atoms with Gasteiger partial charge in [0.2, 0.25) is 5.91 Å². The molecule has 2 rings (SSSR count). The Morgan fingerprint density at radius 2 is 1.95 bits per heavy atom. The van der Waals surface area contributed by atoms with Crippen LogP contribution in [0.2, 0.25) is 0 Å². The van der Waals surface area contributed by atoms with E-state index in [1.54, 1.807) is 12.1 Å². The Bertz CT molecular complexity index is 687. The van der Waals surface area contributed by atoms with Crippen LogP contribution in [-0.2, 0) is 11.2 Å². The van der Waals surface area contributed by atoms with Crippen LogP contribution in [0.15, 0.2) is 46.9 Å². The molecule has 0 bridgehead atoms. The van der Waals surface area contributed by atoms with Crippen LogP contribution in [0.1, 0.15) is 23.1 Å². The summed E-state index contributed by atoms with van der Waals surface area (Å²) >= 11 is 3.44. The fraction of sp³-hybridized carbons (Fsp3) is 0.176. The van der Waals surface area contributed by atoms with Crippen molar-refractivity contribution in [3.8, 4) is 6.07 Å². The second-order valence-electron chi connectivity index (χ2n) is 4.84.